The van der Waals surface area contributed by atoms with Crippen molar-refractivity contribution in [2.24, 2.45) is 0 Å². The first-order valence-electron chi connectivity index (χ1n) is 5.93. The third kappa shape index (κ3) is 3.06. The molecule has 0 saturated heterocycles. The minimum atomic E-state index is -0.454. The summed E-state index contributed by atoms with van der Waals surface area (Å²) in [6, 6.07) is 0.188. The molecular formula is C11H19N5O2. The van der Waals surface area contributed by atoms with Gasteiger partial charge in [0.05, 0.1) is 4.92 Å². The highest BCUT2D eigenvalue weighted by Gasteiger charge is 2.23. The van der Waals surface area contributed by atoms with Crippen LogP contribution in [0.25, 0.3) is 0 Å². The molecule has 0 aliphatic heterocycles. The van der Waals surface area contributed by atoms with Gasteiger partial charge in [-0.1, -0.05) is 13.3 Å². The fourth-order valence-corrected chi connectivity index (χ4v) is 1.70. The molecule has 0 saturated carbocycles. The summed E-state index contributed by atoms with van der Waals surface area (Å²) in [4.78, 5) is 20.4. The topological polar surface area (TPSA) is 84.2 Å². The quantitative estimate of drug-likeness (QED) is 0.617. The van der Waals surface area contributed by atoms with E-state index in [2.05, 4.69) is 22.2 Å². The average Bonchev–Trinajstić information content (AvgIpc) is 2.37. The van der Waals surface area contributed by atoms with Crippen LogP contribution in [-0.4, -0.2) is 35.0 Å². The number of nitrogens with zero attached hydrogens (tertiary/aromatic N) is 4. The highest BCUT2D eigenvalue weighted by molar-refractivity contribution is 5.58. The lowest BCUT2D eigenvalue weighted by atomic mass is 10.2. The van der Waals surface area contributed by atoms with Gasteiger partial charge in [0.2, 0.25) is 11.8 Å². The molecule has 0 amide bonds. The van der Waals surface area contributed by atoms with Gasteiger partial charge in [-0.2, -0.15) is 4.98 Å². The molecule has 0 fully saturated rings. The van der Waals surface area contributed by atoms with Crippen molar-refractivity contribution in [3.8, 4) is 0 Å². The number of nitro groups is 1. The number of hydrogen-bond donors (Lipinski definition) is 1. The molecule has 0 bridgehead atoms. The van der Waals surface area contributed by atoms with Gasteiger partial charge in [0, 0.05) is 20.1 Å². The van der Waals surface area contributed by atoms with Crippen molar-refractivity contribution in [3.63, 3.8) is 0 Å². The van der Waals surface area contributed by atoms with Gasteiger partial charge in [0.1, 0.15) is 6.20 Å². The van der Waals surface area contributed by atoms with E-state index < -0.39 is 4.92 Å². The molecule has 1 rings (SSSR count). The lowest BCUT2D eigenvalue weighted by Crippen LogP contribution is -2.30. The van der Waals surface area contributed by atoms with Crippen molar-refractivity contribution >= 4 is 17.5 Å². The number of anilines is 2. The van der Waals surface area contributed by atoms with Gasteiger partial charge in [-0.05, 0) is 13.3 Å². The predicted molar refractivity (Wildman–Crippen MR) is 71.0 cm³/mol. The summed E-state index contributed by atoms with van der Waals surface area (Å²) in [6.45, 7) is 4.10. The largest absolute Gasteiger partial charge is 0.357 e. The molecule has 1 atom stereocenters. The molecule has 100 valence electrons. The summed E-state index contributed by atoms with van der Waals surface area (Å²) in [7, 11) is 3.50. The van der Waals surface area contributed by atoms with E-state index in [0.29, 0.717) is 11.8 Å². The van der Waals surface area contributed by atoms with Crippen molar-refractivity contribution in [3.05, 3.63) is 16.3 Å². The zero-order valence-electron chi connectivity index (χ0n) is 11.2. The molecule has 0 aromatic carbocycles. The molecule has 0 aliphatic carbocycles. The lowest BCUT2D eigenvalue weighted by molar-refractivity contribution is -0.384. The summed E-state index contributed by atoms with van der Waals surface area (Å²) in [5.74, 6) is 0.728. The maximum atomic E-state index is 11.0. The molecule has 1 unspecified atom stereocenters. The fraction of sp³-hybridized carbons (Fsp3) is 0.636. The summed E-state index contributed by atoms with van der Waals surface area (Å²) in [5.41, 5.74) is -0.0700. The van der Waals surface area contributed by atoms with E-state index in [0.717, 1.165) is 12.8 Å². The van der Waals surface area contributed by atoms with E-state index in [-0.39, 0.29) is 11.7 Å². The first kappa shape index (κ1) is 14.1. The second kappa shape index (κ2) is 6.13. The van der Waals surface area contributed by atoms with Crippen molar-refractivity contribution in [2.45, 2.75) is 32.7 Å². The molecule has 1 aromatic heterocycles. The Kier molecular flexibility index (Phi) is 4.82. The Morgan fingerprint density at radius 2 is 2.28 bits per heavy atom. The second-order valence-corrected chi connectivity index (χ2v) is 4.16. The highest BCUT2D eigenvalue weighted by atomic mass is 16.6. The molecule has 18 heavy (non-hydrogen) atoms. The van der Waals surface area contributed by atoms with Crippen molar-refractivity contribution in [1.82, 2.24) is 9.97 Å². The highest BCUT2D eigenvalue weighted by Crippen LogP contribution is 2.27. The fourth-order valence-electron chi connectivity index (χ4n) is 1.70. The van der Waals surface area contributed by atoms with Gasteiger partial charge in [0.25, 0.3) is 0 Å². The monoisotopic (exact) mass is 253 g/mol. The Labute approximate surface area is 106 Å². The van der Waals surface area contributed by atoms with Crippen LogP contribution in [0.4, 0.5) is 17.5 Å². The lowest BCUT2D eigenvalue weighted by Gasteiger charge is -2.25. The Hall–Kier alpha value is -1.92. The van der Waals surface area contributed by atoms with Crippen LogP contribution in [0.2, 0.25) is 0 Å². The second-order valence-electron chi connectivity index (χ2n) is 4.16. The van der Waals surface area contributed by atoms with E-state index in [9.17, 15) is 10.1 Å². The van der Waals surface area contributed by atoms with E-state index in [1.807, 2.05) is 18.9 Å². The molecule has 1 aromatic rings. The van der Waals surface area contributed by atoms with E-state index in [1.54, 1.807) is 7.05 Å². The average molecular weight is 253 g/mol. The Bertz CT molecular complexity index is 424. The van der Waals surface area contributed by atoms with Crippen LogP contribution in [-0.2, 0) is 0 Å². The summed E-state index contributed by atoms with van der Waals surface area (Å²) in [6.07, 6.45) is 3.21. The van der Waals surface area contributed by atoms with Crippen LogP contribution in [0.1, 0.15) is 26.7 Å². The molecule has 7 nitrogen and oxygen atoms in total. The molecule has 1 heterocycles. The van der Waals surface area contributed by atoms with Gasteiger partial charge in [-0.25, -0.2) is 4.98 Å². The van der Waals surface area contributed by atoms with Gasteiger partial charge in [-0.3, -0.25) is 10.1 Å². The first-order valence-corrected chi connectivity index (χ1v) is 5.93. The van der Waals surface area contributed by atoms with Crippen molar-refractivity contribution in [2.75, 3.05) is 24.3 Å². The SMILES string of the molecule is CCCC(C)N(C)c1nc(NC)ncc1[N+](=O)[O-]. The smallest absolute Gasteiger partial charge is 0.329 e. The summed E-state index contributed by atoms with van der Waals surface area (Å²) in [5, 5.41) is 13.8. The Morgan fingerprint density at radius 3 is 2.78 bits per heavy atom. The number of hydrogen-bond acceptors (Lipinski definition) is 6. The van der Waals surface area contributed by atoms with Crippen LogP contribution in [0.5, 0.6) is 0 Å². The maximum Gasteiger partial charge on any atom is 0.329 e. The van der Waals surface area contributed by atoms with Crippen LogP contribution < -0.4 is 10.2 Å². The summed E-state index contributed by atoms with van der Waals surface area (Å²) < 4.78 is 0. The number of nitrogens with one attached hydrogen (secondary N) is 1. The van der Waals surface area contributed by atoms with Crippen LogP contribution in [0.15, 0.2) is 6.20 Å². The first-order chi connectivity index (χ1) is 8.51. The molecule has 0 aliphatic rings. The molecule has 0 spiro atoms. The maximum absolute atomic E-state index is 11.0. The van der Waals surface area contributed by atoms with E-state index in [4.69, 9.17) is 0 Å². The third-order valence-corrected chi connectivity index (χ3v) is 2.87. The standard InChI is InChI=1S/C11H19N5O2/c1-5-6-8(2)15(4)10-9(16(17)18)7-13-11(12-3)14-10/h7-8H,5-6H2,1-4H3,(H,12,13,14). The van der Waals surface area contributed by atoms with Crippen molar-refractivity contribution < 1.29 is 4.92 Å². The van der Waals surface area contributed by atoms with Gasteiger partial charge >= 0.3 is 5.69 Å². The zero-order chi connectivity index (χ0) is 13.7. The van der Waals surface area contributed by atoms with Gasteiger partial charge in [-0.15, -0.1) is 0 Å². The zero-order valence-corrected chi connectivity index (χ0v) is 11.2. The van der Waals surface area contributed by atoms with Crippen LogP contribution in [0.3, 0.4) is 0 Å². The van der Waals surface area contributed by atoms with Gasteiger partial charge in [0.15, 0.2) is 0 Å². The van der Waals surface area contributed by atoms with Crippen LogP contribution in [0, 0.1) is 10.1 Å². The molecule has 7 heteroatoms. The number of rotatable bonds is 6. The van der Waals surface area contributed by atoms with Crippen molar-refractivity contribution in [1.29, 1.82) is 0 Å². The molecular weight excluding hydrogens is 234 g/mol. The van der Waals surface area contributed by atoms with E-state index >= 15 is 0 Å². The van der Waals surface area contributed by atoms with Gasteiger partial charge < -0.3 is 10.2 Å². The summed E-state index contributed by atoms with van der Waals surface area (Å²) >= 11 is 0. The predicted octanol–water partition coefficient (Wildman–Crippen LogP) is 2.05. The normalized spacial score (nSPS) is 12.0. The minimum Gasteiger partial charge on any atom is -0.357 e. The Morgan fingerprint density at radius 1 is 1.61 bits per heavy atom. The van der Waals surface area contributed by atoms with E-state index in [1.165, 1.54) is 6.20 Å². The molecule has 0 radical (unpaired) electrons. The third-order valence-electron chi connectivity index (χ3n) is 2.87. The molecule has 1 N–H and O–H groups in total. The minimum absolute atomic E-state index is 0.0700. The Balaban J connectivity index is 3.14. The number of aromatic nitrogens is 2. The van der Waals surface area contributed by atoms with Crippen LogP contribution >= 0.6 is 0 Å².